The Hall–Kier alpha value is 0.390. The van der Waals surface area contributed by atoms with Crippen LogP contribution >= 0.6 is 38.9 Å². The maximum absolute atomic E-state index is 6.11. The van der Waals surface area contributed by atoms with E-state index in [0.29, 0.717) is 6.10 Å². The molecule has 1 aromatic heterocycles. The van der Waals surface area contributed by atoms with Gasteiger partial charge in [-0.25, -0.2) is 0 Å². The van der Waals surface area contributed by atoms with Gasteiger partial charge in [-0.1, -0.05) is 11.6 Å². The van der Waals surface area contributed by atoms with Gasteiger partial charge in [0.25, 0.3) is 0 Å². The first-order chi connectivity index (χ1) is 7.16. The van der Waals surface area contributed by atoms with Crippen LogP contribution in [-0.4, -0.2) is 12.7 Å². The minimum atomic E-state index is 0.0434. The number of halogens is 2. The second kappa shape index (κ2) is 5.15. The highest BCUT2D eigenvalue weighted by molar-refractivity contribution is 9.11. The molecule has 0 saturated carbocycles. The van der Waals surface area contributed by atoms with Gasteiger partial charge >= 0.3 is 0 Å². The summed E-state index contributed by atoms with van der Waals surface area (Å²) in [5.74, 6) is 0. The third kappa shape index (κ3) is 2.94. The largest absolute Gasteiger partial charge is 0.378 e. The number of hydrogen-bond acceptors (Lipinski definition) is 3. The molecule has 2 nitrogen and oxygen atoms in total. The monoisotopic (exact) mass is 309 g/mol. The zero-order chi connectivity index (χ0) is 10.8. The molecule has 0 radical (unpaired) electrons. The number of thiophene rings is 1. The third-order valence-corrected chi connectivity index (χ3v) is 5.18. The van der Waals surface area contributed by atoms with Gasteiger partial charge in [-0.05, 0) is 41.3 Å². The number of ether oxygens (including phenoxy) is 1. The molecule has 1 fully saturated rings. The Balaban J connectivity index is 1.97. The predicted molar refractivity (Wildman–Crippen MR) is 67.5 cm³/mol. The molecule has 2 atom stereocenters. The fourth-order valence-corrected chi connectivity index (χ4v) is 3.54. The summed E-state index contributed by atoms with van der Waals surface area (Å²) in [6, 6.07) is 1.98. The van der Waals surface area contributed by atoms with E-state index < -0.39 is 0 Å². The summed E-state index contributed by atoms with van der Waals surface area (Å²) in [6.45, 7) is 0.881. The Morgan fingerprint density at radius 3 is 3.07 bits per heavy atom. The van der Waals surface area contributed by atoms with Crippen LogP contribution in [0, 0.1) is 0 Å². The first-order valence-corrected chi connectivity index (χ1v) is 6.97. The van der Waals surface area contributed by atoms with Crippen molar-refractivity contribution in [3.05, 3.63) is 19.8 Å². The number of rotatable bonds is 3. The van der Waals surface area contributed by atoms with Crippen molar-refractivity contribution in [2.75, 3.05) is 6.61 Å². The van der Waals surface area contributed by atoms with Crippen molar-refractivity contribution >= 4 is 38.9 Å². The first kappa shape index (κ1) is 11.9. The van der Waals surface area contributed by atoms with Gasteiger partial charge in [0.2, 0.25) is 0 Å². The van der Waals surface area contributed by atoms with Gasteiger partial charge in [0.05, 0.1) is 14.9 Å². The minimum Gasteiger partial charge on any atom is -0.378 e. The van der Waals surface area contributed by atoms with Crippen LogP contribution in [-0.2, 0) is 4.74 Å². The number of hydrogen-bond donors (Lipinski definition) is 1. The lowest BCUT2D eigenvalue weighted by Gasteiger charge is -2.14. The average Bonchev–Trinajstić information content (AvgIpc) is 2.78. The number of nitrogens with two attached hydrogens (primary N) is 1. The van der Waals surface area contributed by atoms with Crippen molar-refractivity contribution in [1.82, 2.24) is 0 Å². The van der Waals surface area contributed by atoms with Gasteiger partial charge in [0, 0.05) is 17.5 Å². The van der Waals surface area contributed by atoms with E-state index in [9.17, 15) is 0 Å². The molecule has 0 aliphatic carbocycles. The van der Waals surface area contributed by atoms with Crippen LogP contribution in [0.5, 0.6) is 0 Å². The SMILES string of the molecule is NC(CC1CCCO1)c1cc(Cl)c(Br)s1. The summed E-state index contributed by atoms with van der Waals surface area (Å²) in [7, 11) is 0. The van der Waals surface area contributed by atoms with Crippen LogP contribution in [0.1, 0.15) is 30.2 Å². The lowest BCUT2D eigenvalue weighted by molar-refractivity contribution is 0.0986. The Bertz CT molecular complexity index is 319. The van der Waals surface area contributed by atoms with Gasteiger partial charge < -0.3 is 10.5 Å². The van der Waals surface area contributed by atoms with Crippen LogP contribution in [0.4, 0.5) is 0 Å². The summed E-state index contributed by atoms with van der Waals surface area (Å²) in [5, 5.41) is 0.748. The molecule has 2 N–H and O–H groups in total. The molecule has 1 saturated heterocycles. The van der Waals surface area contributed by atoms with E-state index in [0.717, 1.165) is 39.6 Å². The van der Waals surface area contributed by atoms with Crippen molar-refractivity contribution in [2.45, 2.75) is 31.4 Å². The fourth-order valence-electron chi connectivity index (χ4n) is 1.78. The second-order valence-electron chi connectivity index (χ2n) is 3.75. The Morgan fingerprint density at radius 1 is 1.73 bits per heavy atom. The molecule has 84 valence electrons. The van der Waals surface area contributed by atoms with E-state index >= 15 is 0 Å². The summed E-state index contributed by atoms with van der Waals surface area (Å²) in [4.78, 5) is 1.13. The Morgan fingerprint density at radius 2 is 2.53 bits per heavy atom. The van der Waals surface area contributed by atoms with Gasteiger partial charge in [-0.15, -0.1) is 11.3 Å². The van der Waals surface area contributed by atoms with Crippen LogP contribution in [0.2, 0.25) is 5.02 Å². The maximum atomic E-state index is 6.11. The quantitative estimate of drug-likeness (QED) is 0.923. The van der Waals surface area contributed by atoms with Gasteiger partial charge in [0.15, 0.2) is 0 Å². The predicted octanol–water partition coefficient (Wildman–Crippen LogP) is 3.73. The molecule has 1 aromatic rings. The minimum absolute atomic E-state index is 0.0434. The average molecular weight is 311 g/mol. The van der Waals surface area contributed by atoms with E-state index in [1.807, 2.05) is 6.07 Å². The van der Waals surface area contributed by atoms with Crippen molar-refractivity contribution in [3.63, 3.8) is 0 Å². The van der Waals surface area contributed by atoms with Gasteiger partial charge in [-0.2, -0.15) is 0 Å². The molecule has 5 heteroatoms. The van der Waals surface area contributed by atoms with E-state index in [1.165, 1.54) is 0 Å². The second-order valence-corrected chi connectivity index (χ2v) is 6.56. The van der Waals surface area contributed by atoms with Crippen LogP contribution in [0.3, 0.4) is 0 Å². The van der Waals surface area contributed by atoms with E-state index in [4.69, 9.17) is 22.1 Å². The molecule has 1 aliphatic rings. The molecule has 0 aromatic carbocycles. The van der Waals surface area contributed by atoms with Crippen LogP contribution in [0.25, 0.3) is 0 Å². The Labute approximate surface area is 107 Å². The molecule has 2 rings (SSSR count). The third-order valence-electron chi connectivity index (χ3n) is 2.57. The highest BCUT2D eigenvalue weighted by Gasteiger charge is 2.21. The Kier molecular flexibility index (Phi) is 4.07. The lowest BCUT2D eigenvalue weighted by atomic mass is 10.1. The highest BCUT2D eigenvalue weighted by Crippen LogP contribution is 2.36. The van der Waals surface area contributed by atoms with E-state index in [-0.39, 0.29) is 6.04 Å². The molecule has 0 bridgehead atoms. The zero-order valence-corrected chi connectivity index (χ0v) is 11.4. The smallest absolute Gasteiger partial charge is 0.0887 e. The van der Waals surface area contributed by atoms with Crippen molar-refractivity contribution in [3.8, 4) is 0 Å². The molecule has 0 spiro atoms. The molecular formula is C10H13BrClNOS. The van der Waals surface area contributed by atoms with E-state index in [2.05, 4.69) is 15.9 Å². The molecule has 15 heavy (non-hydrogen) atoms. The topological polar surface area (TPSA) is 35.2 Å². The highest BCUT2D eigenvalue weighted by atomic mass is 79.9. The van der Waals surface area contributed by atoms with Gasteiger partial charge in [-0.3, -0.25) is 0 Å². The van der Waals surface area contributed by atoms with Crippen LogP contribution < -0.4 is 5.73 Å². The molecule has 0 amide bonds. The normalized spacial score (nSPS) is 23.3. The molecule has 2 unspecified atom stereocenters. The lowest BCUT2D eigenvalue weighted by Crippen LogP contribution is -2.17. The van der Waals surface area contributed by atoms with Crippen molar-refractivity contribution in [2.24, 2.45) is 5.73 Å². The summed E-state index contributed by atoms with van der Waals surface area (Å²) >= 11 is 11.0. The fraction of sp³-hybridized carbons (Fsp3) is 0.600. The van der Waals surface area contributed by atoms with Crippen molar-refractivity contribution < 1.29 is 4.74 Å². The summed E-state index contributed by atoms with van der Waals surface area (Å²) in [6.07, 6.45) is 3.52. The summed E-state index contributed by atoms with van der Waals surface area (Å²) < 4.78 is 6.52. The first-order valence-electron chi connectivity index (χ1n) is 4.98. The van der Waals surface area contributed by atoms with E-state index in [1.54, 1.807) is 11.3 Å². The van der Waals surface area contributed by atoms with Crippen molar-refractivity contribution in [1.29, 1.82) is 0 Å². The molecule has 1 aliphatic heterocycles. The standard InChI is InChI=1S/C10H13BrClNOS/c11-10-7(12)5-9(15-10)8(13)4-6-2-1-3-14-6/h5-6,8H,1-4,13H2. The van der Waals surface area contributed by atoms with Gasteiger partial charge in [0.1, 0.15) is 0 Å². The molecule has 2 heterocycles. The summed E-state index contributed by atoms with van der Waals surface area (Å²) in [5.41, 5.74) is 6.11. The maximum Gasteiger partial charge on any atom is 0.0887 e. The zero-order valence-electron chi connectivity index (χ0n) is 8.21. The van der Waals surface area contributed by atoms with Crippen LogP contribution in [0.15, 0.2) is 9.85 Å². The molecular weight excluding hydrogens is 298 g/mol.